The lowest BCUT2D eigenvalue weighted by atomic mass is 9.82. The molecule has 1 aliphatic carbocycles. The molecule has 9 aromatic rings. The highest BCUT2D eigenvalue weighted by atomic mass is 15.0. The van der Waals surface area contributed by atoms with Gasteiger partial charge in [-0.2, -0.15) is 0 Å². The second-order valence-electron chi connectivity index (χ2n) is 12.5. The Kier molecular flexibility index (Phi) is 5.27. The quantitative estimate of drug-likeness (QED) is 0.195. The van der Waals surface area contributed by atoms with Gasteiger partial charge < -0.3 is 4.57 Å². The maximum atomic E-state index is 2.49. The smallest absolute Gasteiger partial charge is 0.0553 e. The van der Waals surface area contributed by atoms with E-state index < -0.39 is 0 Å². The summed E-state index contributed by atoms with van der Waals surface area (Å²) in [5.41, 5.74) is 15.3. The average molecular weight is 584 g/mol. The second-order valence-corrected chi connectivity index (χ2v) is 12.5. The summed E-state index contributed by atoms with van der Waals surface area (Å²) in [6.45, 7) is 2.18. The fraction of sp³-hybridized carbons (Fsp3) is 0.0222. The standard InChI is InChI=1S/C45H29N/c1-28-14-12-19-31(26-28)46-38-25-11-10-22-34(38)43-35-23-13-24-36-42(35)37(27-39(43)46)45-41(30-17-6-3-7-18-30)33-21-9-8-20-32(33)40(44(36)45)29-15-4-2-5-16-29/h2-27H,1H3. The Morgan fingerprint density at radius 2 is 0.935 bits per heavy atom. The van der Waals surface area contributed by atoms with Gasteiger partial charge in [0, 0.05) is 16.5 Å². The van der Waals surface area contributed by atoms with Gasteiger partial charge in [-0.3, -0.25) is 0 Å². The van der Waals surface area contributed by atoms with Gasteiger partial charge in [0.05, 0.1) is 11.0 Å². The fourth-order valence-electron chi connectivity index (χ4n) is 8.18. The Bertz CT molecular complexity index is 2680. The molecule has 0 amide bonds. The summed E-state index contributed by atoms with van der Waals surface area (Å²) < 4.78 is 2.47. The highest BCUT2D eigenvalue weighted by Gasteiger charge is 2.32. The highest BCUT2D eigenvalue weighted by molar-refractivity contribution is 6.33. The Labute approximate surface area is 267 Å². The van der Waals surface area contributed by atoms with Crippen LogP contribution in [-0.2, 0) is 0 Å². The van der Waals surface area contributed by atoms with E-state index in [1.165, 1.54) is 99.1 Å². The summed E-state index contributed by atoms with van der Waals surface area (Å²) in [4.78, 5) is 0. The number of aromatic nitrogens is 1. The van der Waals surface area contributed by atoms with Gasteiger partial charge in [-0.15, -0.1) is 0 Å². The third-order valence-corrected chi connectivity index (χ3v) is 9.93. The third kappa shape index (κ3) is 3.40. The van der Waals surface area contributed by atoms with Crippen LogP contribution in [0.25, 0.3) is 93.5 Å². The summed E-state index contributed by atoms with van der Waals surface area (Å²) in [7, 11) is 0. The molecule has 1 aromatic heterocycles. The molecule has 8 aromatic carbocycles. The van der Waals surface area contributed by atoms with Gasteiger partial charge in [-0.25, -0.2) is 0 Å². The molecule has 0 fully saturated rings. The van der Waals surface area contributed by atoms with Crippen molar-refractivity contribution in [3.8, 4) is 50.2 Å². The van der Waals surface area contributed by atoms with E-state index in [1.807, 2.05) is 0 Å². The third-order valence-electron chi connectivity index (χ3n) is 9.93. The van der Waals surface area contributed by atoms with Gasteiger partial charge in [0.2, 0.25) is 0 Å². The molecule has 0 atom stereocenters. The molecule has 0 radical (unpaired) electrons. The van der Waals surface area contributed by atoms with Crippen LogP contribution in [0, 0.1) is 6.92 Å². The van der Waals surface area contributed by atoms with E-state index in [9.17, 15) is 0 Å². The van der Waals surface area contributed by atoms with Crippen LogP contribution < -0.4 is 0 Å². The minimum absolute atomic E-state index is 1.19. The number of para-hydroxylation sites is 1. The zero-order chi connectivity index (χ0) is 30.4. The molecular formula is C45H29N. The minimum atomic E-state index is 1.19. The average Bonchev–Trinajstić information content (AvgIpc) is 3.62. The summed E-state index contributed by atoms with van der Waals surface area (Å²) in [6, 6.07) is 58.2. The number of rotatable bonds is 3. The van der Waals surface area contributed by atoms with Crippen LogP contribution in [0.2, 0.25) is 0 Å². The van der Waals surface area contributed by atoms with E-state index in [2.05, 4.69) is 169 Å². The van der Waals surface area contributed by atoms with Crippen molar-refractivity contribution in [1.29, 1.82) is 0 Å². The van der Waals surface area contributed by atoms with Gasteiger partial charge in [0.25, 0.3) is 0 Å². The van der Waals surface area contributed by atoms with E-state index in [-0.39, 0.29) is 0 Å². The van der Waals surface area contributed by atoms with E-state index in [0.717, 1.165) is 0 Å². The molecule has 0 unspecified atom stereocenters. The van der Waals surface area contributed by atoms with Crippen molar-refractivity contribution in [2.45, 2.75) is 6.92 Å². The number of hydrogen-bond acceptors (Lipinski definition) is 0. The van der Waals surface area contributed by atoms with Gasteiger partial charge >= 0.3 is 0 Å². The number of benzene rings is 8. The van der Waals surface area contributed by atoms with Gasteiger partial charge in [0.15, 0.2) is 0 Å². The van der Waals surface area contributed by atoms with Crippen LogP contribution in [0.1, 0.15) is 5.56 Å². The lowest BCUT2D eigenvalue weighted by Gasteiger charge is -2.20. The predicted molar refractivity (Wildman–Crippen MR) is 196 cm³/mol. The molecule has 1 nitrogen and oxygen atoms in total. The van der Waals surface area contributed by atoms with Crippen molar-refractivity contribution >= 4 is 43.4 Å². The van der Waals surface area contributed by atoms with Crippen molar-refractivity contribution in [1.82, 2.24) is 4.57 Å². The molecule has 0 N–H and O–H groups in total. The molecule has 214 valence electrons. The Morgan fingerprint density at radius 3 is 1.61 bits per heavy atom. The predicted octanol–water partition coefficient (Wildman–Crippen LogP) is 12.4. The maximum Gasteiger partial charge on any atom is 0.0553 e. The molecule has 0 saturated carbocycles. The normalized spacial score (nSPS) is 12.0. The summed E-state index contributed by atoms with van der Waals surface area (Å²) in [5, 5.41) is 7.84. The molecule has 0 bridgehead atoms. The first-order valence-corrected chi connectivity index (χ1v) is 16.0. The highest BCUT2D eigenvalue weighted by Crippen LogP contribution is 2.59. The van der Waals surface area contributed by atoms with Crippen LogP contribution in [0.4, 0.5) is 0 Å². The Morgan fingerprint density at radius 1 is 0.370 bits per heavy atom. The largest absolute Gasteiger partial charge is 0.309 e. The number of nitrogens with zero attached hydrogens (tertiary/aromatic N) is 1. The first kappa shape index (κ1) is 25.4. The fourth-order valence-corrected chi connectivity index (χ4v) is 8.18. The maximum absolute atomic E-state index is 2.49. The molecule has 10 rings (SSSR count). The van der Waals surface area contributed by atoms with Crippen molar-refractivity contribution in [2.24, 2.45) is 0 Å². The zero-order valence-corrected chi connectivity index (χ0v) is 25.5. The van der Waals surface area contributed by atoms with Gasteiger partial charge in [0.1, 0.15) is 0 Å². The van der Waals surface area contributed by atoms with Crippen molar-refractivity contribution in [2.75, 3.05) is 0 Å². The monoisotopic (exact) mass is 583 g/mol. The molecule has 1 heterocycles. The lowest BCUT2D eigenvalue weighted by molar-refractivity contribution is 1.17. The topological polar surface area (TPSA) is 4.93 Å². The van der Waals surface area contributed by atoms with Crippen molar-refractivity contribution in [3.05, 3.63) is 163 Å². The molecule has 1 aliphatic rings. The van der Waals surface area contributed by atoms with Crippen molar-refractivity contribution in [3.63, 3.8) is 0 Å². The van der Waals surface area contributed by atoms with Crippen LogP contribution >= 0.6 is 0 Å². The molecule has 0 spiro atoms. The van der Waals surface area contributed by atoms with Crippen LogP contribution in [0.15, 0.2) is 158 Å². The van der Waals surface area contributed by atoms with Gasteiger partial charge in [-0.05, 0) is 103 Å². The Balaban J connectivity index is 1.46. The SMILES string of the molecule is Cc1cccc(-n2c3ccccc3c3c4cccc5c4c(cc32)-c2c-5c(-c3ccccc3)c3ccccc3c2-c2ccccc2)c1. The molecule has 0 saturated heterocycles. The Hall–Kier alpha value is -5.92. The van der Waals surface area contributed by atoms with Crippen LogP contribution in [-0.4, -0.2) is 4.57 Å². The summed E-state index contributed by atoms with van der Waals surface area (Å²) >= 11 is 0. The van der Waals surface area contributed by atoms with Crippen molar-refractivity contribution < 1.29 is 0 Å². The second kappa shape index (κ2) is 9.54. The van der Waals surface area contributed by atoms with Crippen LogP contribution in [0.5, 0.6) is 0 Å². The number of hydrogen-bond donors (Lipinski definition) is 0. The first-order valence-electron chi connectivity index (χ1n) is 16.0. The first-order chi connectivity index (χ1) is 22.8. The molecule has 46 heavy (non-hydrogen) atoms. The van der Waals surface area contributed by atoms with Crippen LogP contribution in [0.3, 0.4) is 0 Å². The molecule has 1 heteroatoms. The van der Waals surface area contributed by atoms with E-state index in [1.54, 1.807) is 0 Å². The summed E-state index contributed by atoms with van der Waals surface area (Å²) in [5.74, 6) is 0. The van der Waals surface area contributed by atoms with E-state index >= 15 is 0 Å². The zero-order valence-electron chi connectivity index (χ0n) is 25.5. The minimum Gasteiger partial charge on any atom is -0.309 e. The van der Waals surface area contributed by atoms with E-state index in [4.69, 9.17) is 0 Å². The lowest BCUT2D eigenvalue weighted by Crippen LogP contribution is -1.95. The van der Waals surface area contributed by atoms with Gasteiger partial charge in [-0.1, -0.05) is 133 Å². The summed E-state index contributed by atoms with van der Waals surface area (Å²) in [6.07, 6.45) is 0. The molecular weight excluding hydrogens is 555 g/mol. The number of fused-ring (bicyclic) bond motifs is 8. The molecule has 0 aliphatic heterocycles. The van der Waals surface area contributed by atoms with E-state index in [0.29, 0.717) is 0 Å². The number of aryl methyl sites for hydroxylation is 1.